The van der Waals surface area contributed by atoms with E-state index in [4.69, 9.17) is 4.74 Å². The second-order valence-electron chi connectivity index (χ2n) is 5.82. The number of hydrogen-bond donors (Lipinski definition) is 2. The molecule has 1 amide bonds. The molecule has 0 atom stereocenters. The summed E-state index contributed by atoms with van der Waals surface area (Å²) >= 11 is 0. The van der Waals surface area contributed by atoms with Gasteiger partial charge in [-0.25, -0.2) is 0 Å². The smallest absolute Gasteiger partial charge is 0.258 e. The molecule has 0 saturated carbocycles. The lowest BCUT2D eigenvalue weighted by molar-refractivity contribution is 0.102. The van der Waals surface area contributed by atoms with Gasteiger partial charge in [0.15, 0.2) is 11.6 Å². The molecule has 7 heteroatoms. The van der Waals surface area contributed by atoms with Crippen LogP contribution in [0, 0.1) is 0 Å². The van der Waals surface area contributed by atoms with Crippen LogP contribution in [-0.4, -0.2) is 27.2 Å². The fraction of sp³-hybridized carbons (Fsp3) is 0.158. The number of carbonyl (C=O) groups is 1. The predicted octanol–water partition coefficient (Wildman–Crippen LogP) is 3.65. The second kappa shape index (κ2) is 8.06. The maximum atomic E-state index is 12.1. The van der Waals surface area contributed by atoms with Crippen LogP contribution in [0.25, 0.3) is 0 Å². The highest BCUT2D eigenvalue weighted by molar-refractivity contribution is 6.03. The fourth-order valence-electron chi connectivity index (χ4n) is 2.19. The molecule has 0 bridgehead atoms. The molecule has 3 aromatic rings. The minimum Gasteiger partial charge on any atom is -0.491 e. The lowest BCUT2D eigenvalue weighted by atomic mass is 10.3. The van der Waals surface area contributed by atoms with Gasteiger partial charge in [0, 0.05) is 18.1 Å². The summed E-state index contributed by atoms with van der Waals surface area (Å²) in [4.78, 5) is 16.0. The van der Waals surface area contributed by atoms with Crippen LogP contribution >= 0.6 is 0 Å². The first-order chi connectivity index (χ1) is 12.6. The Labute approximate surface area is 151 Å². The molecular formula is C19H19N5O2. The molecule has 0 radical (unpaired) electrons. The van der Waals surface area contributed by atoms with Crippen LogP contribution in [0.1, 0.15) is 24.2 Å². The number of rotatable bonds is 6. The molecule has 0 aliphatic heterocycles. The third kappa shape index (κ3) is 4.76. The molecule has 0 aliphatic carbocycles. The van der Waals surface area contributed by atoms with Crippen molar-refractivity contribution in [3.63, 3.8) is 0 Å². The van der Waals surface area contributed by atoms with Crippen LogP contribution in [0.4, 0.5) is 17.3 Å². The van der Waals surface area contributed by atoms with Gasteiger partial charge in [0.1, 0.15) is 5.75 Å². The third-order valence-corrected chi connectivity index (χ3v) is 3.33. The molecule has 0 saturated heterocycles. The van der Waals surface area contributed by atoms with Gasteiger partial charge in [0.2, 0.25) is 0 Å². The average Bonchev–Trinajstić information content (AvgIpc) is 2.65. The normalized spacial score (nSPS) is 10.4. The number of hydrogen-bond acceptors (Lipinski definition) is 6. The molecule has 1 aromatic carbocycles. The number of pyridine rings is 1. The van der Waals surface area contributed by atoms with Gasteiger partial charge in [-0.1, -0.05) is 0 Å². The SMILES string of the molecule is CC(C)Oc1ccc(Nc2ccc(NC(=O)c3cccnc3)nn2)cc1. The summed E-state index contributed by atoms with van der Waals surface area (Å²) in [6, 6.07) is 14.4. The Morgan fingerprint density at radius 3 is 2.35 bits per heavy atom. The number of benzene rings is 1. The summed E-state index contributed by atoms with van der Waals surface area (Å²) in [6.07, 6.45) is 3.23. The number of anilines is 3. The van der Waals surface area contributed by atoms with E-state index in [1.165, 1.54) is 6.20 Å². The first-order valence-electron chi connectivity index (χ1n) is 8.19. The number of aromatic nitrogens is 3. The number of ether oxygens (including phenoxy) is 1. The zero-order chi connectivity index (χ0) is 18.4. The van der Waals surface area contributed by atoms with E-state index in [1.807, 2.05) is 38.1 Å². The van der Waals surface area contributed by atoms with Crippen molar-refractivity contribution >= 4 is 23.2 Å². The highest BCUT2D eigenvalue weighted by Crippen LogP contribution is 2.20. The van der Waals surface area contributed by atoms with E-state index in [9.17, 15) is 4.79 Å². The van der Waals surface area contributed by atoms with E-state index in [0.29, 0.717) is 17.2 Å². The molecule has 7 nitrogen and oxygen atoms in total. The van der Waals surface area contributed by atoms with Gasteiger partial charge in [-0.3, -0.25) is 9.78 Å². The predicted molar refractivity (Wildman–Crippen MR) is 99.7 cm³/mol. The van der Waals surface area contributed by atoms with Gasteiger partial charge >= 0.3 is 0 Å². The van der Waals surface area contributed by atoms with Crippen LogP contribution in [0.5, 0.6) is 5.75 Å². The van der Waals surface area contributed by atoms with E-state index in [2.05, 4.69) is 25.8 Å². The molecule has 0 unspecified atom stereocenters. The summed E-state index contributed by atoms with van der Waals surface area (Å²) in [5.74, 6) is 1.46. The van der Waals surface area contributed by atoms with Gasteiger partial charge in [0.05, 0.1) is 11.7 Å². The van der Waals surface area contributed by atoms with Gasteiger partial charge in [-0.15, -0.1) is 10.2 Å². The van der Waals surface area contributed by atoms with E-state index >= 15 is 0 Å². The minimum atomic E-state index is -0.283. The van der Waals surface area contributed by atoms with Crippen molar-refractivity contribution in [1.29, 1.82) is 0 Å². The number of amides is 1. The van der Waals surface area contributed by atoms with Crippen molar-refractivity contribution in [1.82, 2.24) is 15.2 Å². The highest BCUT2D eigenvalue weighted by atomic mass is 16.5. The third-order valence-electron chi connectivity index (χ3n) is 3.33. The lowest BCUT2D eigenvalue weighted by Crippen LogP contribution is -2.13. The highest BCUT2D eigenvalue weighted by Gasteiger charge is 2.07. The Balaban J connectivity index is 1.60. The molecule has 132 valence electrons. The summed E-state index contributed by atoms with van der Waals surface area (Å²) < 4.78 is 5.61. The zero-order valence-electron chi connectivity index (χ0n) is 14.5. The van der Waals surface area contributed by atoms with E-state index in [0.717, 1.165) is 11.4 Å². The van der Waals surface area contributed by atoms with E-state index < -0.39 is 0 Å². The summed E-state index contributed by atoms with van der Waals surface area (Å²) in [5.41, 5.74) is 1.32. The van der Waals surface area contributed by atoms with Crippen molar-refractivity contribution in [2.45, 2.75) is 20.0 Å². The molecule has 0 fully saturated rings. The van der Waals surface area contributed by atoms with Crippen molar-refractivity contribution < 1.29 is 9.53 Å². The van der Waals surface area contributed by atoms with Crippen LogP contribution in [0.3, 0.4) is 0 Å². The molecule has 3 rings (SSSR count). The van der Waals surface area contributed by atoms with Crippen LogP contribution in [0.2, 0.25) is 0 Å². The van der Waals surface area contributed by atoms with Crippen molar-refractivity contribution in [3.8, 4) is 5.75 Å². The Morgan fingerprint density at radius 2 is 1.73 bits per heavy atom. The molecule has 0 aliphatic rings. The van der Waals surface area contributed by atoms with Gasteiger partial charge < -0.3 is 15.4 Å². The van der Waals surface area contributed by atoms with Crippen LogP contribution < -0.4 is 15.4 Å². The Kier molecular flexibility index (Phi) is 5.38. The molecule has 2 N–H and O–H groups in total. The zero-order valence-corrected chi connectivity index (χ0v) is 14.5. The topological polar surface area (TPSA) is 89.0 Å². The van der Waals surface area contributed by atoms with Crippen molar-refractivity contribution in [3.05, 3.63) is 66.5 Å². The quantitative estimate of drug-likeness (QED) is 0.706. The fourth-order valence-corrected chi connectivity index (χ4v) is 2.19. The van der Waals surface area contributed by atoms with E-state index in [-0.39, 0.29) is 12.0 Å². The maximum Gasteiger partial charge on any atom is 0.258 e. The first-order valence-corrected chi connectivity index (χ1v) is 8.19. The number of nitrogens with zero attached hydrogens (tertiary/aromatic N) is 3. The standard InChI is InChI=1S/C19H19N5O2/c1-13(2)26-16-7-5-15(6-8-16)21-17-9-10-18(24-23-17)22-19(25)14-4-3-11-20-12-14/h3-13H,1-2H3,(H,21,23)(H,22,24,25). The Hall–Kier alpha value is -3.48. The van der Waals surface area contributed by atoms with Crippen molar-refractivity contribution in [2.75, 3.05) is 10.6 Å². The van der Waals surface area contributed by atoms with Crippen LogP contribution in [-0.2, 0) is 0 Å². The molecule has 26 heavy (non-hydrogen) atoms. The summed E-state index contributed by atoms with van der Waals surface area (Å²) in [5, 5.41) is 13.9. The number of nitrogens with one attached hydrogen (secondary N) is 2. The molecule has 0 spiro atoms. The first kappa shape index (κ1) is 17.3. The van der Waals surface area contributed by atoms with Gasteiger partial charge in [-0.2, -0.15) is 0 Å². The van der Waals surface area contributed by atoms with Gasteiger partial charge in [0.25, 0.3) is 5.91 Å². The average molecular weight is 349 g/mol. The monoisotopic (exact) mass is 349 g/mol. The molecule has 2 aromatic heterocycles. The van der Waals surface area contributed by atoms with Crippen LogP contribution in [0.15, 0.2) is 60.9 Å². The maximum absolute atomic E-state index is 12.1. The van der Waals surface area contributed by atoms with E-state index in [1.54, 1.807) is 30.5 Å². The molecular weight excluding hydrogens is 330 g/mol. The minimum absolute atomic E-state index is 0.133. The van der Waals surface area contributed by atoms with Gasteiger partial charge in [-0.05, 0) is 62.4 Å². The van der Waals surface area contributed by atoms with Crippen molar-refractivity contribution in [2.24, 2.45) is 0 Å². The largest absolute Gasteiger partial charge is 0.491 e. The lowest BCUT2D eigenvalue weighted by Gasteiger charge is -2.11. The Morgan fingerprint density at radius 1 is 1.00 bits per heavy atom. The molecule has 2 heterocycles. The summed E-state index contributed by atoms with van der Waals surface area (Å²) in [6.45, 7) is 3.97. The number of carbonyl (C=O) groups excluding carboxylic acids is 1. The summed E-state index contributed by atoms with van der Waals surface area (Å²) in [7, 11) is 0. The Bertz CT molecular complexity index is 849. The second-order valence-corrected chi connectivity index (χ2v) is 5.82.